The average Bonchev–Trinajstić information content (AvgIpc) is 3.44. The maximum atomic E-state index is 13.6. The molecular weight excluding hydrogens is 516 g/mol. The predicted molar refractivity (Wildman–Crippen MR) is 139 cm³/mol. The molecule has 2 aliphatic rings. The number of rotatable bonds is 6. The largest absolute Gasteiger partial charge is 0.477 e. The molecule has 10 nitrogen and oxygen atoms in total. The summed E-state index contributed by atoms with van der Waals surface area (Å²) in [4.78, 5) is 32.1. The number of carbonyl (C=O) groups is 2. The van der Waals surface area contributed by atoms with Gasteiger partial charge in [-0.1, -0.05) is 41.7 Å². The first-order chi connectivity index (χ1) is 17.8. The SMILES string of the molecule is O=C(O)c1cnc(N2CCN(S(=O)(=O)c3ccccc3-c3ccc(C(=O)N4CCOCC4)cc3)CC2)s1. The Bertz CT molecular complexity index is 1390. The van der Waals surface area contributed by atoms with E-state index in [9.17, 15) is 18.0 Å². The van der Waals surface area contributed by atoms with Crippen LogP contribution in [0.15, 0.2) is 59.6 Å². The van der Waals surface area contributed by atoms with Crippen LogP contribution in [-0.4, -0.2) is 92.1 Å². The lowest BCUT2D eigenvalue weighted by Gasteiger charge is -2.34. The summed E-state index contributed by atoms with van der Waals surface area (Å²) in [6.45, 7) is 3.49. The molecule has 1 N–H and O–H groups in total. The molecule has 0 bridgehead atoms. The van der Waals surface area contributed by atoms with E-state index in [1.807, 2.05) is 4.90 Å². The Morgan fingerprint density at radius 2 is 1.59 bits per heavy atom. The van der Waals surface area contributed by atoms with Gasteiger partial charge in [-0.3, -0.25) is 4.79 Å². The number of amides is 1. The second-order valence-corrected chi connectivity index (χ2v) is 11.6. The van der Waals surface area contributed by atoms with Gasteiger partial charge in [0, 0.05) is 50.4 Å². The van der Waals surface area contributed by atoms with Gasteiger partial charge in [0.1, 0.15) is 4.88 Å². The fourth-order valence-electron chi connectivity index (χ4n) is 4.44. The number of hydrogen-bond acceptors (Lipinski definition) is 8. The van der Waals surface area contributed by atoms with Gasteiger partial charge in [-0.05, 0) is 23.8 Å². The molecule has 0 spiro atoms. The van der Waals surface area contributed by atoms with Crippen molar-refractivity contribution in [1.29, 1.82) is 0 Å². The first-order valence-corrected chi connectivity index (χ1v) is 14.1. The number of nitrogens with zero attached hydrogens (tertiary/aromatic N) is 4. The third-order valence-electron chi connectivity index (χ3n) is 6.46. The van der Waals surface area contributed by atoms with Crippen molar-refractivity contribution in [3.63, 3.8) is 0 Å². The fourth-order valence-corrected chi connectivity index (χ4v) is 6.88. The molecule has 194 valence electrons. The number of morpholine rings is 1. The molecule has 12 heteroatoms. The highest BCUT2D eigenvalue weighted by Gasteiger charge is 2.31. The number of anilines is 1. The number of aromatic carboxylic acids is 1. The molecule has 5 rings (SSSR count). The Balaban J connectivity index is 1.32. The first-order valence-electron chi connectivity index (χ1n) is 11.9. The maximum Gasteiger partial charge on any atom is 0.347 e. The minimum Gasteiger partial charge on any atom is -0.477 e. The molecule has 3 aromatic rings. The number of ether oxygens (including phenoxy) is 1. The van der Waals surface area contributed by atoms with Crippen LogP contribution in [0.3, 0.4) is 0 Å². The number of thiazole rings is 1. The topological polar surface area (TPSA) is 120 Å². The van der Waals surface area contributed by atoms with E-state index in [1.165, 1.54) is 10.5 Å². The highest BCUT2D eigenvalue weighted by atomic mass is 32.2. The number of benzene rings is 2. The van der Waals surface area contributed by atoms with E-state index >= 15 is 0 Å². The summed E-state index contributed by atoms with van der Waals surface area (Å²) in [6.07, 6.45) is 1.32. The van der Waals surface area contributed by atoms with E-state index in [-0.39, 0.29) is 28.8 Å². The number of carboxylic acids is 1. The van der Waals surface area contributed by atoms with Crippen LogP contribution in [0.25, 0.3) is 11.1 Å². The maximum absolute atomic E-state index is 13.6. The van der Waals surface area contributed by atoms with Crippen molar-refractivity contribution in [3.05, 3.63) is 65.2 Å². The van der Waals surface area contributed by atoms with Gasteiger partial charge < -0.3 is 19.6 Å². The zero-order valence-electron chi connectivity index (χ0n) is 19.9. The Morgan fingerprint density at radius 1 is 0.919 bits per heavy atom. The minimum absolute atomic E-state index is 0.0654. The van der Waals surface area contributed by atoms with Crippen molar-refractivity contribution in [1.82, 2.24) is 14.2 Å². The number of carbonyl (C=O) groups excluding carboxylic acids is 1. The number of aromatic nitrogens is 1. The van der Waals surface area contributed by atoms with Crippen LogP contribution >= 0.6 is 11.3 Å². The van der Waals surface area contributed by atoms with Crippen LogP contribution < -0.4 is 4.90 Å². The van der Waals surface area contributed by atoms with Gasteiger partial charge in [0.2, 0.25) is 10.0 Å². The van der Waals surface area contributed by atoms with Crippen LogP contribution in [-0.2, 0) is 14.8 Å². The molecule has 0 aliphatic carbocycles. The van der Waals surface area contributed by atoms with Crippen molar-refractivity contribution in [2.75, 3.05) is 57.4 Å². The number of carboxylic acid groups (broad SMARTS) is 1. The Hall–Kier alpha value is -3.32. The number of hydrogen-bond donors (Lipinski definition) is 1. The average molecular weight is 543 g/mol. The minimum atomic E-state index is -3.79. The van der Waals surface area contributed by atoms with Crippen LogP contribution in [0.1, 0.15) is 20.0 Å². The summed E-state index contributed by atoms with van der Waals surface area (Å²) < 4.78 is 34.1. The van der Waals surface area contributed by atoms with Crippen molar-refractivity contribution in [2.45, 2.75) is 4.90 Å². The summed E-state index contributed by atoms with van der Waals surface area (Å²) in [5.74, 6) is -1.09. The van der Waals surface area contributed by atoms with Crippen molar-refractivity contribution in [3.8, 4) is 11.1 Å². The Morgan fingerprint density at radius 3 is 2.24 bits per heavy atom. The van der Waals surface area contributed by atoms with Crippen LogP contribution in [0, 0.1) is 0 Å². The summed E-state index contributed by atoms with van der Waals surface area (Å²) in [5, 5.41) is 9.71. The zero-order chi connectivity index (χ0) is 26.0. The highest BCUT2D eigenvalue weighted by molar-refractivity contribution is 7.89. The van der Waals surface area contributed by atoms with E-state index < -0.39 is 16.0 Å². The number of sulfonamides is 1. The third kappa shape index (κ3) is 5.23. The van der Waals surface area contributed by atoms with Crippen LogP contribution in [0.5, 0.6) is 0 Å². The highest BCUT2D eigenvalue weighted by Crippen LogP contribution is 2.31. The lowest BCUT2D eigenvalue weighted by atomic mass is 10.0. The molecular formula is C25H26N4O6S2. The van der Waals surface area contributed by atoms with E-state index in [0.29, 0.717) is 61.2 Å². The summed E-state index contributed by atoms with van der Waals surface area (Å²) >= 11 is 1.08. The van der Waals surface area contributed by atoms with Crippen LogP contribution in [0.4, 0.5) is 5.13 Å². The third-order valence-corrected chi connectivity index (χ3v) is 9.46. The van der Waals surface area contributed by atoms with Gasteiger partial charge in [0.25, 0.3) is 5.91 Å². The van der Waals surface area contributed by atoms with Gasteiger partial charge in [-0.25, -0.2) is 18.2 Å². The first kappa shape index (κ1) is 25.3. The molecule has 0 radical (unpaired) electrons. The molecule has 3 heterocycles. The second kappa shape index (κ2) is 10.6. The Labute approximate surface area is 218 Å². The molecule has 1 amide bonds. The van der Waals surface area contributed by atoms with Crippen LogP contribution in [0.2, 0.25) is 0 Å². The quantitative estimate of drug-likeness (QED) is 0.505. The predicted octanol–water partition coefficient (Wildman–Crippen LogP) is 2.49. The summed E-state index contributed by atoms with van der Waals surface area (Å²) in [7, 11) is -3.79. The van der Waals surface area contributed by atoms with Crippen molar-refractivity contribution < 1.29 is 27.9 Å². The molecule has 1 aromatic heterocycles. The van der Waals surface area contributed by atoms with Crippen molar-refractivity contribution in [2.24, 2.45) is 0 Å². The van der Waals surface area contributed by atoms with E-state index in [1.54, 1.807) is 53.4 Å². The molecule has 0 saturated carbocycles. The fraction of sp³-hybridized carbons (Fsp3) is 0.320. The molecule has 2 aliphatic heterocycles. The molecule has 0 unspecified atom stereocenters. The summed E-state index contributed by atoms with van der Waals surface area (Å²) in [5.41, 5.74) is 1.83. The van der Waals surface area contributed by atoms with Gasteiger partial charge in [0.05, 0.1) is 24.3 Å². The van der Waals surface area contributed by atoms with E-state index in [4.69, 9.17) is 9.84 Å². The second-order valence-electron chi connectivity index (χ2n) is 8.68. The van der Waals surface area contributed by atoms with Gasteiger partial charge in [-0.2, -0.15) is 4.31 Å². The van der Waals surface area contributed by atoms with Gasteiger partial charge in [0.15, 0.2) is 5.13 Å². The van der Waals surface area contributed by atoms with Gasteiger partial charge in [-0.15, -0.1) is 0 Å². The molecule has 2 fully saturated rings. The lowest BCUT2D eigenvalue weighted by molar-refractivity contribution is 0.0303. The van der Waals surface area contributed by atoms with Crippen molar-refractivity contribution >= 4 is 38.4 Å². The number of piperazine rings is 1. The molecule has 0 atom stereocenters. The lowest BCUT2D eigenvalue weighted by Crippen LogP contribution is -2.48. The smallest absolute Gasteiger partial charge is 0.347 e. The molecule has 2 saturated heterocycles. The van der Waals surface area contributed by atoms with E-state index in [2.05, 4.69) is 4.98 Å². The standard InChI is InChI=1S/C25H26N4O6S2/c30-23(27-13-15-35-16-14-27)19-7-5-18(6-8-19)20-3-1-2-4-22(20)37(33,34)29-11-9-28(10-12-29)25-26-17-21(36-25)24(31)32/h1-8,17H,9-16H2,(H,31,32). The monoisotopic (exact) mass is 542 g/mol. The van der Waals surface area contributed by atoms with E-state index in [0.717, 1.165) is 11.3 Å². The molecule has 37 heavy (non-hydrogen) atoms. The summed E-state index contributed by atoms with van der Waals surface area (Å²) in [6, 6.07) is 13.9. The normalized spacial score (nSPS) is 17.1. The van der Waals surface area contributed by atoms with Gasteiger partial charge >= 0.3 is 5.97 Å². The Kier molecular flexibility index (Phi) is 7.24. The molecule has 2 aromatic carbocycles. The zero-order valence-corrected chi connectivity index (χ0v) is 21.6.